The zero-order valence-electron chi connectivity index (χ0n) is 15.5. The fourth-order valence-corrected chi connectivity index (χ4v) is 5.98. The van der Waals surface area contributed by atoms with E-state index in [9.17, 15) is 9.59 Å². The van der Waals surface area contributed by atoms with Gasteiger partial charge in [0.2, 0.25) is 11.0 Å². The molecule has 0 bridgehead atoms. The van der Waals surface area contributed by atoms with Crippen molar-refractivity contribution in [1.29, 1.82) is 0 Å². The first-order valence-corrected chi connectivity index (χ1v) is 11.3. The maximum absolute atomic E-state index is 12.7. The van der Waals surface area contributed by atoms with Gasteiger partial charge in [-0.25, -0.2) is 4.79 Å². The van der Waals surface area contributed by atoms with Gasteiger partial charge < -0.3 is 15.4 Å². The Balaban J connectivity index is 1.76. The average Bonchev–Trinajstić information content (AvgIpc) is 3.25. The van der Waals surface area contributed by atoms with Crippen LogP contribution in [-0.4, -0.2) is 41.0 Å². The summed E-state index contributed by atoms with van der Waals surface area (Å²) in [6.45, 7) is 3.92. The van der Waals surface area contributed by atoms with E-state index in [0.717, 1.165) is 35.6 Å². The van der Waals surface area contributed by atoms with Gasteiger partial charge in [-0.05, 0) is 45.1 Å². The number of hydrogen-bond donors (Lipinski definition) is 2. The molecule has 27 heavy (non-hydrogen) atoms. The molecule has 2 N–H and O–H groups in total. The summed E-state index contributed by atoms with van der Waals surface area (Å²) in [4.78, 5) is 26.4. The number of aromatic nitrogens is 2. The molecular formula is C17H22N4O3S3. The molecule has 0 fully saturated rings. The lowest BCUT2D eigenvalue weighted by molar-refractivity contribution is -0.115. The number of rotatable bonds is 7. The molecule has 146 valence electrons. The SMILES string of the molecule is CCOC(=O)c1c(NC(=O)C(C)Sc2nnc(NC)s2)sc2c1CCCC2. The number of aryl methyl sites for hydroxylation is 1. The number of nitrogens with zero attached hydrogens (tertiary/aromatic N) is 2. The van der Waals surface area contributed by atoms with Crippen LogP contribution in [0.3, 0.4) is 0 Å². The molecule has 0 spiro atoms. The Morgan fingerprint density at radius 1 is 1.26 bits per heavy atom. The van der Waals surface area contributed by atoms with Crippen LogP contribution in [-0.2, 0) is 22.4 Å². The summed E-state index contributed by atoms with van der Waals surface area (Å²) in [5.41, 5.74) is 1.58. The van der Waals surface area contributed by atoms with Crippen molar-refractivity contribution in [2.45, 2.75) is 49.1 Å². The Morgan fingerprint density at radius 3 is 2.74 bits per heavy atom. The van der Waals surface area contributed by atoms with Crippen LogP contribution in [0.15, 0.2) is 4.34 Å². The first-order chi connectivity index (χ1) is 13.0. The smallest absolute Gasteiger partial charge is 0.341 e. The number of esters is 1. The van der Waals surface area contributed by atoms with E-state index in [2.05, 4.69) is 20.8 Å². The second-order valence-electron chi connectivity index (χ2n) is 6.01. The van der Waals surface area contributed by atoms with Gasteiger partial charge in [0, 0.05) is 11.9 Å². The minimum absolute atomic E-state index is 0.162. The third-order valence-corrected chi connectivity index (χ3v) is 7.49. The second kappa shape index (κ2) is 9.03. The van der Waals surface area contributed by atoms with E-state index in [0.29, 0.717) is 22.3 Å². The highest BCUT2D eigenvalue weighted by molar-refractivity contribution is 8.02. The van der Waals surface area contributed by atoms with Gasteiger partial charge in [-0.3, -0.25) is 4.79 Å². The van der Waals surface area contributed by atoms with Gasteiger partial charge in [-0.15, -0.1) is 21.5 Å². The molecule has 7 nitrogen and oxygen atoms in total. The minimum Gasteiger partial charge on any atom is -0.462 e. The topological polar surface area (TPSA) is 93.2 Å². The number of amides is 1. The molecule has 1 atom stereocenters. The summed E-state index contributed by atoms with van der Waals surface area (Å²) >= 11 is 4.25. The Hall–Kier alpha value is -1.65. The summed E-state index contributed by atoms with van der Waals surface area (Å²) < 4.78 is 5.95. The van der Waals surface area contributed by atoms with Crippen molar-refractivity contribution >= 4 is 56.4 Å². The molecular weight excluding hydrogens is 404 g/mol. The van der Waals surface area contributed by atoms with Crippen molar-refractivity contribution in [3.63, 3.8) is 0 Å². The van der Waals surface area contributed by atoms with Crippen LogP contribution in [0.25, 0.3) is 0 Å². The lowest BCUT2D eigenvalue weighted by Gasteiger charge is -2.13. The first kappa shape index (κ1) is 20.1. The van der Waals surface area contributed by atoms with Crippen LogP contribution in [0.5, 0.6) is 0 Å². The van der Waals surface area contributed by atoms with Crippen LogP contribution in [0, 0.1) is 0 Å². The van der Waals surface area contributed by atoms with E-state index in [4.69, 9.17) is 4.74 Å². The first-order valence-electron chi connectivity index (χ1n) is 8.83. The molecule has 0 saturated heterocycles. The third-order valence-electron chi connectivity index (χ3n) is 4.15. The van der Waals surface area contributed by atoms with E-state index < -0.39 is 0 Å². The van der Waals surface area contributed by atoms with Crippen molar-refractivity contribution in [2.24, 2.45) is 0 Å². The fourth-order valence-electron chi connectivity index (χ4n) is 2.85. The van der Waals surface area contributed by atoms with Gasteiger partial charge in [-0.1, -0.05) is 23.1 Å². The van der Waals surface area contributed by atoms with Crippen LogP contribution >= 0.6 is 34.4 Å². The molecule has 10 heteroatoms. The number of fused-ring (bicyclic) bond motifs is 1. The largest absolute Gasteiger partial charge is 0.462 e. The van der Waals surface area contributed by atoms with Gasteiger partial charge in [0.1, 0.15) is 5.00 Å². The molecule has 0 aliphatic heterocycles. The van der Waals surface area contributed by atoms with Gasteiger partial charge >= 0.3 is 5.97 Å². The summed E-state index contributed by atoms with van der Waals surface area (Å²) in [7, 11) is 1.78. The van der Waals surface area contributed by atoms with Crippen molar-refractivity contribution in [2.75, 3.05) is 24.3 Å². The highest BCUT2D eigenvalue weighted by Gasteiger charge is 2.28. The molecule has 0 aromatic carbocycles. The van der Waals surface area contributed by atoms with Gasteiger partial charge in [0.25, 0.3) is 0 Å². The molecule has 0 saturated carbocycles. The van der Waals surface area contributed by atoms with Crippen molar-refractivity contribution < 1.29 is 14.3 Å². The van der Waals surface area contributed by atoms with Crippen LogP contribution in [0.4, 0.5) is 10.1 Å². The van der Waals surface area contributed by atoms with E-state index >= 15 is 0 Å². The van der Waals surface area contributed by atoms with Crippen LogP contribution < -0.4 is 10.6 Å². The highest BCUT2D eigenvalue weighted by Crippen LogP contribution is 2.39. The number of nitrogens with one attached hydrogen (secondary N) is 2. The molecule has 1 unspecified atom stereocenters. The number of thiophene rings is 1. The van der Waals surface area contributed by atoms with Crippen molar-refractivity contribution in [3.8, 4) is 0 Å². The monoisotopic (exact) mass is 426 g/mol. The normalized spacial score (nSPS) is 14.3. The molecule has 2 aromatic rings. The molecule has 0 radical (unpaired) electrons. The summed E-state index contributed by atoms with van der Waals surface area (Å²) in [5, 5.41) is 14.9. The maximum atomic E-state index is 12.7. The van der Waals surface area contributed by atoms with E-state index in [1.807, 2.05) is 6.92 Å². The average molecular weight is 427 g/mol. The second-order valence-corrected chi connectivity index (χ2v) is 9.68. The lowest BCUT2D eigenvalue weighted by atomic mass is 9.95. The number of carbonyl (C=O) groups is 2. The Bertz CT molecular complexity index is 834. The van der Waals surface area contributed by atoms with E-state index in [-0.39, 0.29) is 17.1 Å². The molecule has 2 heterocycles. The molecule has 1 aliphatic rings. The molecule has 3 rings (SSSR count). The van der Waals surface area contributed by atoms with Crippen LogP contribution in [0.2, 0.25) is 0 Å². The van der Waals surface area contributed by atoms with E-state index in [1.54, 1.807) is 14.0 Å². The number of ether oxygens (including phenoxy) is 1. The van der Waals surface area contributed by atoms with Crippen LogP contribution in [0.1, 0.15) is 47.5 Å². The minimum atomic E-state index is -0.364. The van der Waals surface area contributed by atoms with Crippen molar-refractivity contribution in [1.82, 2.24) is 10.2 Å². The Labute approximate surface area is 170 Å². The number of anilines is 2. The van der Waals surface area contributed by atoms with Gasteiger partial charge in [0.15, 0.2) is 4.34 Å². The van der Waals surface area contributed by atoms with Gasteiger partial charge in [-0.2, -0.15) is 0 Å². The highest BCUT2D eigenvalue weighted by atomic mass is 32.2. The summed E-state index contributed by atoms with van der Waals surface area (Å²) in [5.74, 6) is -0.513. The Kier molecular flexibility index (Phi) is 6.72. The number of carbonyl (C=O) groups excluding carboxylic acids is 2. The zero-order chi connectivity index (χ0) is 19.4. The molecule has 1 amide bonds. The quantitative estimate of drug-likeness (QED) is 0.513. The lowest BCUT2D eigenvalue weighted by Crippen LogP contribution is -2.23. The number of thioether (sulfide) groups is 1. The summed E-state index contributed by atoms with van der Waals surface area (Å²) in [6, 6.07) is 0. The third kappa shape index (κ3) is 4.61. The fraction of sp³-hybridized carbons (Fsp3) is 0.529. The van der Waals surface area contributed by atoms with E-state index in [1.165, 1.54) is 39.3 Å². The number of hydrogen-bond acceptors (Lipinski definition) is 9. The van der Waals surface area contributed by atoms with Crippen molar-refractivity contribution in [3.05, 3.63) is 16.0 Å². The summed E-state index contributed by atoms with van der Waals surface area (Å²) in [6.07, 6.45) is 3.97. The molecule has 1 aliphatic carbocycles. The van der Waals surface area contributed by atoms with Gasteiger partial charge in [0.05, 0.1) is 17.4 Å². The predicted octanol–water partition coefficient (Wildman–Crippen LogP) is 3.82. The predicted molar refractivity (Wildman–Crippen MR) is 110 cm³/mol. The maximum Gasteiger partial charge on any atom is 0.341 e. The standard InChI is InChI=1S/C17H22N4O3S3/c1-4-24-15(23)12-10-7-5-6-8-11(10)26-14(12)19-13(22)9(2)25-17-21-20-16(18-3)27-17/h9H,4-8H2,1-3H3,(H,18,20)(H,19,22). The molecule has 2 aromatic heterocycles. The Morgan fingerprint density at radius 2 is 2.04 bits per heavy atom. The zero-order valence-corrected chi connectivity index (χ0v) is 17.9.